The summed E-state index contributed by atoms with van der Waals surface area (Å²) in [7, 11) is 0. The quantitative estimate of drug-likeness (QED) is 0.207. The number of benzene rings is 2. The van der Waals surface area contributed by atoms with Gasteiger partial charge in [0.05, 0.1) is 15.7 Å². The standard InChI is InChI=1S/C18H10Cl2N4O4S2/c19-11-6-5-9(7-12(11)24(26)27)21-14(25)8-29-18-23-22-17(28-18)16-15(20)10-3-1-2-4-13(10)30-16/h1-7H,8H2,(H,21,25). The molecule has 1 N–H and O–H groups in total. The van der Waals surface area contributed by atoms with E-state index in [1.54, 1.807) is 0 Å². The molecule has 152 valence electrons. The normalized spacial score (nSPS) is 11.0. The van der Waals surface area contributed by atoms with Gasteiger partial charge in [-0.05, 0) is 18.2 Å². The molecule has 0 bridgehead atoms. The number of hydrogen-bond acceptors (Lipinski definition) is 8. The molecule has 0 radical (unpaired) electrons. The van der Waals surface area contributed by atoms with Crippen molar-refractivity contribution in [2.24, 2.45) is 0 Å². The average Bonchev–Trinajstić information content (AvgIpc) is 3.32. The van der Waals surface area contributed by atoms with Gasteiger partial charge in [-0.15, -0.1) is 21.5 Å². The number of rotatable bonds is 6. The molecule has 0 saturated heterocycles. The number of nitrogens with zero attached hydrogens (tertiary/aromatic N) is 3. The third-order valence-corrected chi connectivity index (χ3v) is 6.69. The van der Waals surface area contributed by atoms with Gasteiger partial charge in [0.1, 0.15) is 9.90 Å². The molecule has 0 unspecified atom stereocenters. The van der Waals surface area contributed by atoms with Gasteiger partial charge in [0.15, 0.2) is 0 Å². The predicted molar refractivity (Wildman–Crippen MR) is 118 cm³/mol. The Bertz CT molecular complexity index is 1270. The van der Waals surface area contributed by atoms with Gasteiger partial charge in [-0.1, -0.05) is 53.2 Å². The number of thiophene rings is 1. The lowest BCUT2D eigenvalue weighted by Gasteiger charge is -2.04. The van der Waals surface area contributed by atoms with Gasteiger partial charge in [-0.25, -0.2) is 0 Å². The highest BCUT2D eigenvalue weighted by atomic mass is 35.5. The van der Waals surface area contributed by atoms with Crippen molar-refractivity contribution in [3.8, 4) is 10.8 Å². The van der Waals surface area contributed by atoms with Gasteiger partial charge >= 0.3 is 0 Å². The van der Waals surface area contributed by atoms with Gasteiger partial charge in [-0.2, -0.15) is 0 Å². The predicted octanol–water partition coefficient (Wildman–Crippen LogP) is 5.90. The van der Waals surface area contributed by atoms with E-state index in [1.165, 1.54) is 29.5 Å². The first-order valence-electron chi connectivity index (χ1n) is 8.30. The topological polar surface area (TPSA) is 111 Å². The summed E-state index contributed by atoms with van der Waals surface area (Å²) in [6.45, 7) is 0. The maximum absolute atomic E-state index is 12.2. The van der Waals surface area contributed by atoms with E-state index in [4.69, 9.17) is 27.6 Å². The zero-order valence-electron chi connectivity index (χ0n) is 14.8. The van der Waals surface area contributed by atoms with Crippen LogP contribution in [-0.4, -0.2) is 26.8 Å². The Balaban J connectivity index is 1.42. The van der Waals surface area contributed by atoms with Crippen LogP contribution in [0, 0.1) is 10.1 Å². The number of aromatic nitrogens is 2. The maximum Gasteiger partial charge on any atom is 0.289 e. The largest absolute Gasteiger partial charge is 0.410 e. The van der Waals surface area contributed by atoms with Crippen LogP contribution in [0.3, 0.4) is 0 Å². The van der Waals surface area contributed by atoms with Crippen molar-refractivity contribution >= 4 is 73.7 Å². The van der Waals surface area contributed by atoms with Crippen molar-refractivity contribution < 1.29 is 14.1 Å². The zero-order chi connectivity index (χ0) is 21.3. The Morgan fingerprint density at radius 2 is 2.03 bits per heavy atom. The van der Waals surface area contributed by atoms with Crippen LogP contribution in [-0.2, 0) is 4.79 Å². The van der Waals surface area contributed by atoms with Crippen molar-refractivity contribution in [1.29, 1.82) is 0 Å². The summed E-state index contributed by atoms with van der Waals surface area (Å²) in [4.78, 5) is 23.1. The van der Waals surface area contributed by atoms with Crippen molar-refractivity contribution in [1.82, 2.24) is 10.2 Å². The molecule has 0 atom stereocenters. The number of carbonyl (C=O) groups is 1. The smallest absolute Gasteiger partial charge is 0.289 e. The van der Waals surface area contributed by atoms with Crippen LogP contribution in [0.1, 0.15) is 0 Å². The molecule has 2 aromatic heterocycles. The third kappa shape index (κ3) is 4.26. The maximum atomic E-state index is 12.2. The second-order valence-electron chi connectivity index (χ2n) is 5.87. The highest BCUT2D eigenvalue weighted by molar-refractivity contribution is 7.99. The van der Waals surface area contributed by atoms with Gasteiger partial charge in [0.25, 0.3) is 16.8 Å². The summed E-state index contributed by atoms with van der Waals surface area (Å²) in [6.07, 6.45) is 0. The minimum absolute atomic E-state index is 0.00865. The summed E-state index contributed by atoms with van der Waals surface area (Å²) in [5, 5.41) is 23.1. The molecular weight excluding hydrogens is 471 g/mol. The number of fused-ring (bicyclic) bond motifs is 1. The molecule has 0 saturated carbocycles. The lowest BCUT2D eigenvalue weighted by atomic mass is 10.2. The zero-order valence-corrected chi connectivity index (χ0v) is 17.9. The summed E-state index contributed by atoms with van der Waals surface area (Å²) in [5.41, 5.74) is -0.0242. The minimum atomic E-state index is -0.619. The highest BCUT2D eigenvalue weighted by Crippen LogP contribution is 2.41. The van der Waals surface area contributed by atoms with Crippen LogP contribution in [0.2, 0.25) is 10.0 Å². The molecule has 0 aliphatic heterocycles. The summed E-state index contributed by atoms with van der Waals surface area (Å²) in [6, 6.07) is 11.7. The van der Waals surface area contributed by atoms with Gasteiger partial charge in [0, 0.05) is 21.8 Å². The van der Waals surface area contributed by atoms with E-state index in [9.17, 15) is 14.9 Å². The molecule has 1 amide bonds. The highest BCUT2D eigenvalue weighted by Gasteiger charge is 2.19. The Labute approximate surface area is 187 Å². The van der Waals surface area contributed by atoms with E-state index in [2.05, 4.69) is 15.5 Å². The first-order chi connectivity index (χ1) is 14.4. The van der Waals surface area contributed by atoms with Crippen LogP contribution in [0.4, 0.5) is 11.4 Å². The number of thioether (sulfide) groups is 1. The average molecular weight is 481 g/mol. The lowest BCUT2D eigenvalue weighted by molar-refractivity contribution is -0.384. The van der Waals surface area contributed by atoms with Gasteiger partial charge in [-0.3, -0.25) is 14.9 Å². The fourth-order valence-electron chi connectivity index (χ4n) is 2.57. The lowest BCUT2D eigenvalue weighted by Crippen LogP contribution is -2.14. The molecule has 0 aliphatic carbocycles. The number of hydrogen-bond donors (Lipinski definition) is 1. The van der Waals surface area contributed by atoms with E-state index in [0.29, 0.717) is 9.90 Å². The van der Waals surface area contributed by atoms with Crippen LogP contribution in [0.15, 0.2) is 52.1 Å². The number of nitro benzene ring substituents is 1. The van der Waals surface area contributed by atoms with Crippen LogP contribution in [0.5, 0.6) is 0 Å². The summed E-state index contributed by atoms with van der Waals surface area (Å²) in [5.74, 6) is -0.147. The van der Waals surface area contributed by atoms with E-state index >= 15 is 0 Å². The molecule has 0 spiro atoms. The van der Waals surface area contributed by atoms with Gasteiger partial charge in [0.2, 0.25) is 5.91 Å². The van der Waals surface area contributed by atoms with Crippen molar-refractivity contribution in [3.63, 3.8) is 0 Å². The number of carbonyl (C=O) groups excluding carboxylic acids is 1. The van der Waals surface area contributed by atoms with E-state index in [1.807, 2.05) is 24.3 Å². The first kappa shape index (κ1) is 20.6. The Morgan fingerprint density at radius 1 is 1.23 bits per heavy atom. The fraction of sp³-hybridized carbons (Fsp3) is 0.0556. The molecular formula is C18H10Cl2N4O4S2. The molecule has 30 heavy (non-hydrogen) atoms. The van der Waals surface area contributed by atoms with E-state index in [0.717, 1.165) is 21.8 Å². The van der Waals surface area contributed by atoms with Gasteiger partial charge < -0.3 is 9.73 Å². The van der Waals surface area contributed by atoms with Crippen molar-refractivity contribution in [2.45, 2.75) is 5.22 Å². The molecule has 2 aromatic carbocycles. The molecule has 0 fully saturated rings. The molecule has 4 aromatic rings. The van der Waals surface area contributed by atoms with E-state index in [-0.39, 0.29) is 33.3 Å². The van der Waals surface area contributed by atoms with E-state index < -0.39 is 10.8 Å². The molecule has 4 rings (SSSR count). The minimum Gasteiger partial charge on any atom is -0.410 e. The Morgan fingerprint density at radius 3 is 2.80 bits per heavy atom. The number of amides is 1. The van der Waals surface area contributed by atoms with Crippen LogP contribution < -0.4 is 5.32 Å². The number of nitro groups is 1. The van der Waals surface area contributed by atoms with Crippen LogP contribution in [0.25, 0.3) is 20.9 Å². The van der Waals surface area contributed by atoms with Crippen molar-refractivity contribution in [3.05, 3.63) is 62.6 Å². The molecule has 12 heteroatoms. The second kappa shape index (κ2) is 8.60. The Kier molecular flexibility index (Phi) is 5.91. The SMILES string of the molecule is O=C(CSc1nnc(-c2sc3ccccc3c2Cl)o1)Nc1ccc(Cl)c([N+](=O)[O-])c1. The third-order valence-electron chi connectivity index (χ3n) is 3.89. The summed E-state index contributed by atoms with van der Waals surface area (Å²) >= 11 is 14.7. The molecule has 0 aliphatic rings. The first-order valence-corrected chi connectivity index (χ1v) is 10.9. The Hall–Kier alpha value is -2.66. The second-order valence-corrected chi connectivity index (χ2v) is 8.64. The number of nitrogens with one attached hydrogen (secondary N) is 1. The number of halogens is 2. The van der Waals surface area contributed by atoms with Crippen molar-refractivity contribution in [2.75, 3.05) is 11.1 Å². The summed E-state index contributed by atoms with van der Waals surface area (Å²) < 4.78 is 6.63. The fourth-order valence-corrected chi connectivity index (χ4v) is 4.75. The number of anilines is 1. The monoisotopic (exact) mass is 480 g/mol. The molecule has 8 nitrogen and oxygen atoms in total. The molecule has 2 heterocycles. The van der Waals surface area contributed by atoms with Crippen LogP contribution >= 0.6 is 46.3 Å².